The molecule has 0 unspecified atom stereocenters. The zero-order valence-corrected chi connectivity index (χ0v) is 11.7. The Morgan fingerprint density at radius 2 is 2.20 bits per heavy atom. The van der Waals surface area contributed by atoms with Gasteiger partial charge in [-0.1, -0.05) is 19.9 Å². The molecule has 0 saturated carbocycles. The highest BCUT2D eigenvalue weighted by Gasteiger charge is 2.24. The third-order valence-corrected chi connectivity index (χ3v) is 3.69. The molecule has 0 aliphatic carbocycles. The van der Waals surface area contributed by atoms with Gasteiger partial charge in [-0.3, -0.25) is 4.79 Å². The molecule has 1 aromatic carbocycles. The van der Waals surface area contributed by atoms with Gasteiger partial charge in [0.25, 0.3) is 0 Å². The number of hydrogen-bond donors (Lipinski definition) is 2. The number of aromatic nitrogens is 2. The van der Waals surface area contributed by atoms with Crippen molar-refractivity contribution in [3.05, 3.63) is 30.1 Å². The van der Waals surface area contributed by atoms with Crippen LogP contribution >= 0.6 is 0 Å². The van der Waals surface area contributed by atoms with E-state index in [-0.39, 0.29) is 11.9 Å². The summed E-state index contributed by atoms with van der Waals surface area (Å²) in [6.07, 6.45) is 2.32. The Hall–Kier alpha value is -2.17. The molecule has 1 aromatic heterocycles. The van der Waals surface area contributed by atoms with Gasteiger partial charge < -0.3 is 10.6 Å². The second kappa shape index (κ2) is 5.07. The first-order valence-electron chi connectivity index (χ1n) is 6.94. The first-order valence-corrected chi connectivity index (χ1v) is 6.94. The van der Waals surface area contributed by atoms with E-state index < -0.39 is 0 Å². The van der Waals surface area contributed by atoms with Crippen molar-refractivity contribution >= 4 is 22.6 Å². The van der Waals surface area contributed by atoms with Gasteiger partial charge in [0, 0.05) is 11.9 Å². The van der Waals surface area contributed by atoms with E-state index in [1.54, 1.807) is 0 Å². The lowest BCUT2D eigenvalue weighted by Crippen LogP contribution is -2.29. The van der Waals surface area contributed by atoms with Gasteiger partial charge in [0.2, 0.25) is 5.91 Å². The van der Waals surface area contributed by atoms with E-state index in [0.717, 1.165) is 29.7 Å². The van der Waals surface area contributed by atoms with Crippen LogP contribution in [0.1, 0.15) is 31.7 Å². The van der Waals surface area contributed by atoms with Gasteiger partial charge >= 0.3 is 0 Å². The van der Waals surface area contributed by atoms with Gasteiger partial charge in [0.1, 0.15) is 18.2 Å². The molecular formula is C15H18N4O. The molecule has 1 saturated heterocycles. The van der Waals surface area contributed by atoms with Gasteiger partial charge in [0.05, 0.1) is 5.52 Å². The highest BCUT2D eigenvalue weighted by molar-refractivity contribution is 5.93. The fourth-order valence-corrected chi connectivity index (χ4v) is 2.45. The Bertz CT molecular complexity index is 653. The van der Waals surface area contributed by atoms with Gasteiger partial charge in [0.15, 0.2) is 0 Å². The summed E-state index contributed by atoms with van der Waals surface area (Å²) in [5, 5.41) is 7.03. The summed E-state index contributed by atoms with van der Waals surface area (Å²) < 4.78 is 0. The topological polar surface area (TPSA) is 66.9 Å². The predicted octanol–water partition coefficient (Wildman–Crippen LogP) is 2.05. The number of fused-ring (bicyclic) bond motifs is 1. The van der Waals surface area contributed by atoms with Gasteiger partial charge in [-0.2, -0.15) is 0 Å². The van der Waals surface area contributed by atoms with Crippen molar-refractivity contribution in [2.75, 3.05) is 11.9 Å². The normalized spacial score (nSPS) is 18.6. The number of nitrogens with zero attached hydrogens (tertiary/aromatic N) is 2. The third kappa shape index (κ3) is 2.31. The number of nitrogens with one attached hydrogen (secondary N) is 2. The molecule has 1 amide bonds. The monoisotopic (exact) mass is 270 g/mol. The molecule has 5 heteroatoms. The summed E-state index contributed by atoms with van der Waals surface area (Å²) in [6, 6.07) is 6.00. The van der Waals surface area contributed by atoms with Crippen molar-refractivity contribution in [2.45, 2.75) is 32.2 Å². The minimum atomic E-state index is -0.198. The molecule has 2 heterocycles. The standard InChI is InChI=1S/C15H18N4O/c1-9(2)10-3-4-12-11(7-10)14(18-8-17-12)19-13-5-6-16-15(13)20/h3-4,7-9,13H,5-6H2,1-2H3,(H,16,20)(H,17,18,19)/t13-/m0/s1. The zero-order chi connectivity index (χ0) is 14.1. The van der Waals surface area contributed by atoms with E-state index in [9.17, 15) is 4.79 Å². The van der Waals surface area contributed by atoms with Crippen LogP contribution in [-0.4, -0.2) is 28.5 Å². The van der Waals surface area contributed by atoms with Gasteiger partial charge in [-0.15, -0.1) is 0 Å². The van der Waals surface area contributed by atoms with Crippen molar-refractivity contribution < 1.29 is 4.79 Å². The molecule has 104 valence electrons. The van der Waals surface area contributed by atoms with E-state index >= 15 is 0 Å². The number of carbonyl (C=O) groups is 1. The predicted molar refractivity (Wildman–Crippen MR) is 78.7 cm³/mol. The highest BCUT2D eigenvalue weighted by Crippen LogP contribution is 2.25. The van der Waals surface area contributed by atoms with Crippen molar-refractivity contribution in [1.82, 2.24) is 15.3 Å². The van der Waals surface area contributed by atoms with Crippen molar-refractivity contribution in [3.8, 4) is 0 Å². The molecule has 0 bridgehead atoms. The third-order valence-electron chi connectivity index (χ3n) is 3.69. The lowest BCUT2D eigenvalue weighted by Gasteiger charge is -2.13. The lowest BCUT2D eigenvalue weighted by atomic mass is 10.0. The second-order valence-corrected chi connectivity index (χ2v) is 5.43. The van der Waals surface area contributed by atoms with Crippen LogP contribution in [0.4, 0.5) is 5.82 Å². The minimum absolute atomic E-state index is 0.0387. The molecule has 0 spiro atoms. The van der Waals surface area contributed by atoms with Crippen LogP contribution in [0.25, 0.3) is 10.9 Å². The Balaban J connectivity index is 2.00. The number of amides is 1. The Kier molecular flexibility index (Phi) is 3.26. The van der Waals surface area contributed by atoms with E-state index in [1.165, 1.54) is 11.9 Å². The average Bonchev–Trinajstić information content (AvgIpc) is 2.84. The van der Waals surface area contributed by atoms with E-state index in [2.05, 4.69) is 46.6 Å². The fraction of sp³-hybridized carbons (Fsp3) is 0.400. The largest absolute Gasteiger partial charge is 0.358 e. The highest BCUT2D eigenvalue weighted by atomic mass is 16.2. The first kappa shape index (κ1) is 12.8. The number of hydrogen-bond acceptors (Lipinski definition) is 4. The number of rotatable bonds is 3. The molecule has 1 aliphatic rings. The summed E-state index contributed by atoms with van der Waals surface area (Å²) in [4.78, 5) is 20.3. The molecule has 1 atom stereocenters. The SMILES string of the molecule is CC(C)c1ccc2ncnc(N[C@H]3CCNC3=O)c2c1. The first-order chi connectivity index (χ1) is 9.65. The zero-order valence-electron chi connectivity index (χ0n) is 11.7. The van der Waals surface area contributed by atoms with Crippen molar-refractivity contribution in [1.29, 1.82) is 0 Å². The van der Waals surface area contributed by atoms with Crippen LogP contribution < -0.4 is 10.6 Å². The Morgan fingerprint density at radius 1 is 1.35 bits per heavy atom. The molecule has 2 aromatic rings. The van der Waals surface area contributed by atoms with Crippen LogP contribution in [0.2, 0.25) is 0 Å². The summed E-state index contributed by atoms with van der Waals surface area (Å²) in [5.74, 6) is 1.22. The van der Waals surface area contributed by atoms with E-state index in [1.807, 2.05) is 6.07 Å². The molecule has 20 heavy (non-hydrogen) atoms. The molecule has 0 radical (unpaired) electrons. The summed E-state index contributed by atoms with van der Waals surface area (Å²) in [7, 11) is 0. The maximum absolute atomic E-state index is 11.7. The van der Waals surface area contributed by atoms with Crippen LogP contribution in [0, 0.1) is 0 Å². The van der Waals surface area contributed by atoms with E-state index in [4.69, 9.17) is 0 Å². The summed E-state index contributed by atoms with van der Waals surface area (Å²) in [6.45, 7) is 5.03. The van der Waals surface area contributed by atoms with Crippen LogP contribution in [0.5, 0.6) is 0 Å². The Labute approximate surface area is 117 Å². The van der Waals surface area contributed by atoms with Gasteiger partial charge in [-0.05, 0) is 30.0 Å². The number of carbonyl (C=O) groups excluding carboxylic acids is 1. The molecule has 3 rings (SSSR count). The molecule has 1 aliphatic heterocycles. The molecular weight excluding hydrogens is 252 g/mol. The van der Waals surface area contributed by atoms with Crippen LogP contribution in [-0.2, 0) is 4.79 Å². The second-order valence-electron chi connectivity index (χ2n) is 5.43. The summed E-state index contributed by atoms with van der Waals surface area (Å²) in [5.41, 5.74) is 2.14. The van der Waals surface area contributed by atoms with Crippen LogP contribution in [0.15, 0.2) is 24.5 Å². The minimum Gasteiger partial charge on any atom is -0.358 e. The smallest absolute Gasteiger partial charge is 0.242 e. The summed E-state index contributed by atoms with van der Waals surface area (Å²) >= 11 is 0. The maximum Gasteiger partial charge on any atom is 0.242 e. The van der Waals surface area contributed by atoms with Crippen molar-refractivity contribution in [2.24, 2.45) is 0 Å². The maximum atomic E-state index is 11.7. The average molecular weight is 270 g/mol. The fourth-order valence-electron chi connectivity index (χ4n) is 2.45. The molecule has 2 N–H and O–H groups in total. The lowest BCUT2D eigenvalue weighted by molar-refractivity contribution is -0.119. The van der Waals surface area contributed by atoms with Gasteiger partial charge in [-0.25, -0.2) is 9.97 Å². The number of benzene rings is 1. The number of anilines is 1. The quantitative estimate of drug-likeness (QED) is 0.896. The van der Waals surface area contributed by atoms with E-state index in [0.29, 0.717) is 5.92 Å². The Morgan fingerprint density at radius 3 is 2.90 bits per heavy atom. The molecule has 5 nitrogen and oxygen atoms in total. The van der Waals surface area contributed by atoms with Crippen LogP contribution in [0.3, 0.4) is 0 Å². The van der Waals surface area contributed by atoms with Crippen molar-refractivity contribution in [3.63, 3.8) is 0 Å². The molecule has 1 fully saturated rings.